The van der Waals surface area contributed by atoms with Gasteiger partial charge in [0.1, 0.15) is 17.1 Å². The van der Waals surface area contributed by atoms with Crippen molar-refractivity contribution >= 4 is 94.7 Å². The van der Waals surface area contributed by atoms with Crippen LogP contribution in [0.5, 0.6) is 5.75 Å². The van der Waals surface area contributed by atoms with Gasteiger partial charge in [-0.1, -0.05) is 120 Å². The molecule has 8 aromatic carbocycles. The van der Waals surface area contributed by atoms with E-state index in [1.54, 1.807) is 24.3 Å². The van der Waals surface area contributed by atoms with Crippen LogP contribution in [0.25, 0.3) is 76.2 Å². The molecular weight excluding hydrogens is 741 g/mol. The SMILES string of the molecule is Clc1cccc2c1oc1cc3c(ccc4ccccc43)cc12.O=CO[O-].Oc1cc2c(ccc3ccccc32)cc1-c1cccc(Cl)c1F.[H-].[K+].[K+]. The second kappa shape index (κ2) is 17.6. The summed E-state index contributed by atoms with van der Waals surface area (Å²) in [5.41, 5.74) is 2.38. The molecule has 1 heterocycles. The number of carbonyl (C=O) groups excluding carboxylic acids is 1. The molecule has 1 N–H and O–H groups in total. The number of halogens is 3. The van der Waals surface area contributed by atoms with Crippen LogP contribution in [0.15, 0.2) is 138 Å². The topological polar surface area (TPSA) is 82.7 Å². The molecule has 0 aliphatic carbocycles. The molecule has 0 aliphatic rings. The molecule has 0 spiro atoms. The zero-order valence-electron chi connectivity index (χ0n) is 28.5. The Hall–Kier alpha value is -2.39. The van der Waals surface area contributed by atoms with E-state index in [1.165, 1.54) is 27.6 Å². The van der Waals surface area contributed by atoms with Crippen molar-refractivity contribution in [3.63, 3.8) is 0 Å². The second-order valence-corrected chi connectivity index (χ2v) is 12.1. The summed E-state index contributed by atoms with van der Waals surface area (Å²) in [6.07, 6.45) is 0. The fourth-order valence-corrected chi connectivity index (χ4v) is 6.62. The third-order valence-electron chi connectivity index (χ3n) is 8.46. The summed E-state index contributed by atoms with van der Waals surface area (Å²) < 4.78 is 20.3. The van der Waals surface area contributed by atoms with E-state index < -0.39 is 5.82 Å². The van der Waals surface area contributed by atoms with E-state index in [9.17, 15) is 9.50 Å². The minimum Gasteiger partial charge on any atom is -1.00 e. The largest absolute Gasteiger partial charge is 1.00 e. The molecule has 5 nitrogen and oxygen atoms in total. The monoisotopic (exact) mass is 764 g/mol. The molecule has 10 heteroatoms. The second-order valence-electron chi connectivity index (χ2n) is 11.2. The zero-order valence-corrected chi connectivity index (χ0v) is 35.3. The Balaban J connectivity index is 0.000000201. The van der Waals surface area contributed by atoms with Crippen molar-refractivity contribution in [3.8, 4) is 16.9 Å². The Kier molecular flexibility index (Phi) is 13.8. The average molecular weight is 766 g/mol. The third kappa shape index (κ3) is 8.10. The predicted molar refractivity (Wildman–Crippen MR) is 196 cm³/mol. The fourth-order valence-electron chi connectivity index (χ4n) is 6.24. The standard InChI is InChI=1S/C20H12ClFO.C20H11ClO.CH2O3.2K.H/c21-18-7-3-6-15(20(18)22)17-10-13-9-8-12-4-1-2-5-14(12)16(13)11-19(17)23;21-18-7-3-6-15-17-10-13-9-8-12-4-1-2-5-14(12)16(13)11-19(17)22-20(15)18;2-1-4-3;;;/h1-11,23H;1-11H;1,3H;;;/q;;;2*+1;-1/p-1. The van der Waals surface area contributed by atoms with E-state index in [4.69, 9.17) is 37.7 Å². The molecule has 0 saturated heterocycles. The van der Waals surface area contributed by atoms with Crippen LogP contribution >= 0.6 is 23.2 Å². The number of phenols is 1. The van der Waals surface area contributed by atoms with E-state index in [-0.39, 0.29) is 121 Å². The summed E-state index contributed by atoms with van der Waals surface area (Å²) in [5, 5.41) is 30.7. The van der Waals surface area contributed by atoms with Crippen LogP contribution in [0.1, 0.15) is 1.43 Å². The van der Waals surface area contributed by atoms with Gasteiger partial charge in [0, 0.05) is 21.9 Å². The number of carbonyl (C=O) groups is 1. The Labute approximate surface area is 388 Å². The minimum atomic E-state index is -0.524. The van der Waals surface area contributed by atoms with Gasteiger partial charge in [0.05, 0.1) is 10.0 Å². The molecule has 1 aromatic heterocycles. The van der Waals surface area contributed by atoms with E-state index >= 15 is 0 Å². The summed E-state index contributed by atoms with van der Waals surface area (Å²) >= 11 is 12.1. The molecule has 0 aliphatic heterocycles. The Morgan fingerprint density at radius 2 is 1.14 bits per heavy atom. The van der Waals surface area contributed by atoms with E-state index in [1.807, 2.05) is 48.5 Å². The molecule has 9 rings (SSSR count). The van der Waals surface area contributed by atoms with E-state index in [2.05, 4.69) is 59.5 Å². The van der Waals surface area contributed by atoms with Gasteiger partial charge < -0.3 is 21.1 Å². The molecule has 0 fully saturated rings. The van der Waals surface area contributed by atoms with Gasteiger partial charge >= 0.3 is 103 Å². The van der Waals surface area contributed by atoms with Crippen LogP contribution in [0, 0.1) is 5.82 Å². The summed E-state index contributed by atoms with van der Waals surface area (Å²) in [5.74, 6) is -0.486. The van der Waals surface area contributed by atoms with Crippen molar-refractivity contribution in [2.45, 2.75) is 0 Å². The quantitative estimate of drug-likeness (QED) is 0.0855. The van der Waals surface area contributed by atoms with Gasteiger partial charge in [-0.15, -0.1) is 0 Å². The van der Waals surface area contributed by atoms with Crippen LogP contribution in [0.3, 0.4) is 0 Å². The number of rotatable bonds is 2. The van der Waals surface area contributed by atoms with Crippen LogP contribution in [-0.2, 0) is 9.68 Å². The third-order valence-corrected chi connectivity index (χ3v) is 9.05. The first-order chi connectivity index (χ1) is 23.9. The molecule has 0 atom stereocenters. The van der Waals surface area contributed by atoms with E-state index in [0.29, 0.717) is 16.1 Å². The van der Waals surface area contributed by atoms with Crippen molar-refractivity contribution in [1.29, 1.82) is 0 Å². The molecule has 0 saturated carbocycles. The molecule has 0 bridgehead atoms. The van der Waals surface area contributed by atoms with Crippen molar-refractivity contribution in [2.24, 2.45) is 0 Å². The van der Waals surface area contributed by atoms with Gasteiger partial charge in [-0.25, -0.2) is 4.39 Å². The number of phenolic OH excluding ortho intramolecular Hbond substituents is 1. The van der Waals surface area contributed by atoms with Gasteiger partial charge in [-0.2, -0.15) is 0 Å². The molecular formula is C41H25Cl2FK2O5. The fraction of sp³-hybridized carbons (Fsp3) is 0. The van der Waals surface area contributed by atoms with Gasteiger partial charge in [0.25, 0.3) is 6.47 Å². The molecule has 51 heavy (non-hydrogen) atoms. The first kappa shape index (κ1) is 39.8. The number of furan rings is 1. The van der Waals surface area contributed by atoms with E-state index in [0.717, 1.165) is 43.5 Å². The van der Waals surface area contributed by atoms with Crippen molar-refractivity contribution < 1.29 is 133 Å². The number of hydrogen-bond donors (Lipinski definition) is 1. The smallest absolute Gasteiger partial charge is 1.00 e. The van der Waals surface area contributed by atoms with Crippen LogP contribution < -0.4 is 108 Å². The van der Waals surface area contributed by atoms with Crippen molar-refractivity contribution in [3.05, 3.63) is 149 Å². The first-order valence-electron chi connectivity index (χ1n) is 15.1. The Morgan fingerprint density at radius 3 is 1.78 bits per heavy atom. The normalized spacial score (nSPS) is 10.6. The number of fused-ring (bicyclic) bond motifs is 9. The van der Waals surface area contributed by atoms with Crippen LogP contribution in [0.4, 0.5) is 4.39 Å². The van der Waals surface area contributed by atoms with Crippen LogP contribution in [0.2, 0.25) is 10.0 Å². The maximum absolute atomic E-state index is 14.3. The Bertz CT molecular complexity index is 2700. The van der Waals surface area contributed by atoms with Gasteiger partial charge in [-0.05, 0) is 79.5 Å². The first-order valence-corrected chi connectivity index (χ1v) is 15.9. The molecule has 242 valence electrons. The zero-order chi connectivity index (χ0) is 34.1. The van der Waals surface area contributed by atoms with Gasteiger partial charge in [-0.3, -0.25) is 4.79 Å². The molecule has 0 amide bonds. The maximum atomic E-state index is 14.3. The number of hydrogen-bond acceptors (Lipinski definition) is 5. The van der Waals surface area contributed by atoms with Crippen LogP contribution in [-0.4, -0.2) is 11.6 Å². The maximum Gasteiger partial charge on any atom is 1.00 e. The Morgan fingerprint density at radius 1 is 0.608 bits per heavy atom. The summed E-state index contributed by atoms with van der Waals surface area (Å²) in [7, 11) is 0. The minimum absolute atomic E-state index is 0. The molecule has 0 radical (unpaired) electrons. The van der Waals surface area contributed by atoms with Crippen molar-refractivity contribution in [1.82, 2.24) is 0 Å². The number of aromatic hydroxyl groups is 1. The predicted octanol–water partition coefficient (Wildman–Crippen LogP) is 5.26. The summed E-state index contributed by atoms with van der Waals surface area (Å²) in [4.78, 5) is 11.2. The molecule has 9 aromatic rings. The van der Waals surface area contributed by atoms with Gasteiger partial charge in [0.15, 0.2) is 5.58 Å². The number of para-hydroxylation sites is 1. The summed E-state index contributed by atoms with van der Waals surface area (Å²) in [6, 6.07) is 43.2. The van der Waals surface area contributed by atoms with Gasteiger partial charge in [0.2, 0.25) is 0 Å². The summed E-state index contributed by atoms with van der Waals surface area (Å²) in [6.45, 7) is -0.181. The molecule has 0 unspecified atom stereocenters. The van der Waals surface area contributed by atoms with Crippen molar-refractivity contribution in [2.75, 3.05) is 0 Å². The average Bonchev–Trinajstić information content (AvgIpc) is 3.51. The number of benzene rings is 8.